The largest absolute Gasteiger partial charge is 0.456 e. The van der Waals surface area contributed by atoms with E-state index < -0.39 is 6.04 Å². The van der Waals surface area contributed by atoms with E-state index in [-0.39, 0.29) is 5.91 Å². The van der Waals surface area contributed by atoms with Crippen molar-refractivity contribution < 1.29 is 9.53 Å². The van der Waals surface area contributed by atoms with E-state index in [2.05, 4.69) is 15.3 Å². The Morgan fingerprint density at radius 1 is 1.24 bits per heavy atom. The van der Waals surface area contributed by atoms with Crippen LogP contribution >= 0.6 is 11.6 Å². The molecule has 1 aromatic heterocycles. The maximum Gasteiger partial charge on any atom is 0.241 e. The van der Waals surface area contributed by atoms with E-state index in [4.69, 9.17) is 22.1 Å². The van der Waals surface area contributed by atoms with Gasteiger partial charge in [0.15, 0.2) is 0 Å². The number of halogens is 1. The fourth-order valence-electron chi connectivity index (χ4n) is 2.22. The SMILES string of the molecule is N[C@@H](Cc1cnc[nH]1)C(=O)Nc1ccc(Oc2ccccc2Cl)cc1. The van der Waals surface area contributed by atoms with Gasteiger partial charge in [-0.3, -0.25) is 4.79 Å². The molecule has 0 aliphatic heterocycles. The number of carbonyl (C=O) groups excluding carboxylic acids is 1. The number of benzene rings is 2. The van der Waals surface area contributed by atoms with Gasteiger partial charge in [0, 0.05) is 24.0 Å². The van der Waals surface area contributed by atoms with Crippen LogP contribution in [0.25, 0.3) is 0 Å². The molecule has 0 saturated heterocycles. The first-order valence-corrected chi connectivity index (χ1v) is 8.06. The summed E-state index contributed by atoms with van der Waals surface area (Å²) in [5.41, 5.74) is 7.35. The van der Waals surface area contributed by atoms with Gasteiger partial charge in [0.05, 0.1) is 17.4 Å². The molecule has 4 N–H and O–H groups in total. The predicted octanol–water partition coefficient (Wildman–Crippen LogP) is 3.36. The van der Waals surface area contributed by atoms with Gasteiger partial charge in [-0.15, -0.1) is 0 Å². The Hall–Kier alpha value is -2.83. The third-order valence-corrected chi connectivity index (χ3v) is 3.83. The topological polar surface area (TPSA) is 93.0 Å². The van der Waals surface area contributed by atoms with Crippen LogP contribution in [0.4, 0.5) is 5.69 Å². The highest BCUT2D eigenvalue weighted by molar-refractivity contribution is 6.32. The Morgan fingerprint density at radius 3 is 2.68 bits per heavy atom. The van der Waals surface area contributed by atoms with Crippen LogP contribution < -0.4 is 15.8 Å². The number of nitrogens with two attached hydrogens (primary N) is 1. The van der Waals surface area contributed by atoms with Crippen molar-refractivity contribution in [2.24, 2.45) is 5.73 Å². The molecule has 0 bridgehead atoms. The molecule has 1 amide bonds. The summed E-state index contributed by atoms with van der Waals surface area (Å²) in [5.74, 6) is 0.921. The molecule has 128 valence electrons. The van der Waals surface area contributed by atoms with Crippen molar-refractivity contribution in [3.63, 3.8) is 0 Å². The number of para-hydroxylation sites is 1. The van der Waals surface area contributed by atoms with Gasteiger partial charge in [-0.05, 0) is 36.4 Å². The van der Waals surface area contributed by atoms with Gasteiger partial charge in [0.1, 0.15) is 11.5 Å². The van der Waals surface area contributed by atoms with Crippen LogP contribution in [0.15, 0.2) is 61.1 Å². The quantitative estimate of drug-likeness (QED) is 0.631. The van der Waals surface area contributed by atoms with Gasteiger partial charge >= 0.3 is 0 Å². The standard InChI is InChI=1S/C18H17ClN4O2/c19-15-3-1-2-4-17(15)25-14-7-5-12(6-8-14)23-18(24)16(20)9-13-10-21-11-22-13/h1-8,10-11,16H,9,20H2,(H,21,22)(H,23,24)/t16-/m0/s1. The van der Waals surface area contributed by atoms with Crippen molar-refractivity contribution in [1.29, 1.82) is 0 Å². The van der Waals surface area contributed by atoms with Crippen LogP contribution in [0.5, 0.6) is 11.5 Å². The first-order valence-electron chi connectivity index (χ1n) is 7.68. The molecule has 0 fully saturated rings. The summed E-state index contributed by atoms with van der Waals surface area (Å²) >= 11 is 6.06. The van der Waals surface area contributed by atoms with E-state index >= 15 is 0 Å². The molecule has 25 heavy (non-hydrogen) atoms. The summed E-state index contributed by atoms with van der Waals surface area (Å²) in [4.78, 5) is 19.0. The number of nitrogens with zero attached hydrogens (tertiary/aromatic N) is 1. The van der Waals surface area contributed by atoms with Crippen molar-refractivity contribution in [2.75, 3.05) is 5.32 Å². The molecule has 0 spiro atoms. The number of hydrogen-bond donors (Lipinski definition) is 3. The molecule has 0 saturated carbocycles. The number of nitrogens with one attached hydrogen (secondary N) is 2. The average molecular weight is 357 g/mol. The number of imidazole rings is 1. The number of aromatic nitrogens is 2. The van der Waals surface area contributed by atoms with E-state index in [1.54, 1.807) is 48.9 Å². The van der Waals surface area contributed by atoms with Gasteiger partial charge in [-0.1, -0.05) is 23.7 Å². The number of rotatable bonds is 6. The monoisotopic (exact) mass is 356 g/mol. The molecule has 3 rings (SSSR count). The molecular formula is C18H17ClN4O2. The zero-order chi connectivity index (χ0) is 17.6. The molecule has 1 heterocycles. The van der Waals surface area contributed by atoms with E-state index in [0.717, 1.165) is 5.69 Å². The van der Waals surface area contributed by atoms with Crippen LogP contribution in [0.2, 0.25) is 5.02 Å². The minimum absolute atomic E-state index is 0.269. The number of hydrogen-bond acceptors (Lipinski definition) is 4. The molecular weight excluding hydrogens is 340 g/mol. The summed E-state index contributed by atoms with van der Waals surface area (Å²) in [5, 5.41) is 3.31. The molecule has 0 unspecified atom stereocenters. The zero-order valence-corrected chi connectivity index (χ0v) is 14.0. The lowest BCUT2D eigenvalue weighted by molar-refractivity contribution is -0.117. The summed E-state index contributed by atoms with van der Waals surface area (Å²) in [6.07, 6.45) is 3.59. The van der Waals surface area contributed by atoms with Crippen LogP contribution in [0.3, 0.4) is 0 Å². The minimum atomic E-state index is -0.667. The van der Waals surface area contributed by atoms with Crippen molar-refractivity contribution in [1.82, 2.24) is 9.97 Å². The second-order valence-electron chi connectivity index (χ2n) is 5.43. The van der Waals surface area contributed by atoms with Crippen LogP contribution in [0, 0.1) is 0 Å². The lowest BCUT2D eigenvalue weighted by Crippen LogP contribution is -2.37. The number of aromatic amines is 1. The third kappa shape index (κ3) is 4.59. The van der Waals surface area contributed by atoms with Crippen LogP contribution in [-0.2, 0) is 11.2 Å². The van der Waals surface area contributed by atoms with E-state index in [9.17, 15) is 4.79 Å². The minimum Gasteiger partial charge on any atom is -0.456 e. The van der Waals surface area contributed by atoms with Crippen LogP contribution in [-0.4, -0.2) is 21.9 Å². The molecule has 0 aliphatic rings. The number of anilines is 1. The van der Waals surface area contributed by atoms with Crippen molar-refractivity contribution in [2.45, 2.75) is 12.5 Å². The fourth-order valence-corrected chi connectivity index (χ4v) is 2.40. The Morgan fingerprint density at radius 2 is 2.00 bits per heavy atom. The molecule has 2 aromatic carbocycles. The number of H-pyrrole nitrogens is 1. The summed E-state index contributed by atoms with van der Waals surface area (Å²) in [6, 6.07) is 13.5. The van der Waals surface area contributed by atoms with Gasteiger partial charge in [0.2, 0.25) is 5.91 Å². The number of ether oxygens (including phenoxy) is 1. The molecule has 1 atom stereocenters. The zero-order valence-electron chi connectivity index (χ0n) is 13.3. The predicted molar refractivity (Wildman–Crippen MR) is 96.9 cm³/mol. The van der Waals surface area contributed by atoms with Gasteiger partial charge in [-0.2, -0.15) is 0 Å². The Balaban J connectivity index is 1.58. The highest BCUT2D eigenvalue weighted by atomic mass is 35.5. The molecule has 3 aromatic rings. The summed E-state index contributed by atoms with van der Waals surface area (Å²) in [7, 11) is 0. The molecule has 7 heteroatoms. The second kappa shape index (κ2) is 7.83. The lowest BCUT2D eigenvalue weighted by atomic mass is 10.1. The first-order chi connectivity index (χ1) is 12.1. The van der Waals surface area contributed by atoms with E-state index in [1.165, 1.54) is 0 Å². The van der Waals surface area contributed by atoms with E-state index in [0.29, 0.717) is 28.6 Å². The van der Waals surface area contributed by atoms with E-state index in [1.807, 2.05) is 12.1 Å². The Bertz CT molecular complexity index is 835. The van der Waals surface area contributed by atoms with Crippen molar-refractivity contribution in [3.05, 3.63) is 71.8 Å². The number of carbonyl (C=O) groups is 1. The lowest BCUT2D eigenvalue weighted by Gasteiger charge is -2.12. The molecule has 6 nitrogen and oxygen atoms in total. The Labute approximate surface area is 150 Å². The molecule has 0 radical (unpaired) electrons. The van der Waals surface area contributed by atoms with Crippen LogP contribution in [0.1, 0.15) is 5.69 Å². The van der Waals surface area contributed by atoms with Gasteiger partial charge < -0.3 is 20.8 Å². The maximum atomic E-state index is 12.1. The average Bonchev–Trinajstić information content (AvgIpc) is 3.11. The maximum absolute atomic E-state index is 12.1. The summed E-state index contributed by atoms with van der Waals surface area (Å²) < 4.78 is 5.71. The number of amides is 1. The van der Waals surface area contributed by atoms with Crippen molar-refractivity contribution in [3.8, 4) is 11.5 Å². The molecule has 0 aliphatic carbocycles. The second-order valence-corrected chi connectivity index (χ2v) is 5.84. The highest BCUT2D eigenvalue weighted by Crippen LogP contribution is 2.29. The van der Waals surface area contributed by atoms with Crippen molar-refractivity contribution >= 4 is 23.2 Å². The normalized spacial score (nSPS) is 11.8. The smallest absolute Gasteiger partial charge is 0.241 e. The summed E-state index contributed by atoms with van der Waals surface area (Å²) in [6.45, 7) is 0. The van der Waals surface area contributed by atoms with Gasteiger partial charge in [-0.25, -0.2) is 4.98 Å². The third-order valence-electron chi connectivity index (χ3n) is 3.52. The first kappa shape index (κ1) is 17.0. The fraction of sp³-hybridized carbons (Fsp3) is 0.111. The highest BCUT2D eigenvalue weighted by Gasteiger charge is 2.15. The Kier molecular flexibility index (Phi) is 5.33. The van der Waals surface area contributed by atoms with Gasteiger partial charge in [0.25, 0.3) is 0 Å².